The van der Waals surface area contributed by atoms with Gasteiger partial charge in [0.2, 0.25) is 0 Å². The number of hydrogen-bond acceptors (Lipinski definition) is 3. The van der Waals surface area contributed by atoms with Crippen LogP contribution in [0.2, 0.25) is 0 Å². The van der Waals surface area contributed by atoms with Crippen molar-refractivity contribution in [3.8, 4) is 0 Å². The van der Waals surface area contributed by atoms with E-state index in [0.29, 0.717) is 6.61 Å². The zero-order valence-electron chi connectivity index (χ0n) is 11.4. The van der Waals surface area contributed by atoms with E-state index >= 15 is 0 Å². The number of esters is 1. The summed E-state index contributed by atoms with van der Waals surface area (Å²) in [7, 11) is 1.48. The quantitative estimate of drug-likeness (QED) is 0.767. The average molecular weight is 260 g/mol. The van der Waals surface area contributed by atoms with Crippen molar-refractivity contribution >= 4 is 5.97 Å². The molecule has 1 atom stereocenters. The van der Waals surface area contributed by atoms with Crippen molar-refractivity contribution in [1.82, 2.24) is 0 Å². The van der Waals surface area contributed by atoms with E-state index in [1.54, 1.807) is 0 Å². The monoisotopic (exact) mass is 260 g/mol. The molecule has 0 bridgehead atoms. The van der Waals surface area contributed by atoms with Crippen molar-refractivity contribution in [2.75, 3.05) is 13.7 Å². The molecular weight excluding hydrogens is 240 g/mol. The first-order chi connectivity index (χ1) is 9.28. The van der Waals surface area contributed by atoms with Gasteiger partial charge in [-0.3, -0.25) is 4.79 Å². The van der Waals surface area contributed by atoms with E-state index in [1.807, 2.05) is 6.07 Å². The lowest BCUT2D eigenvalue weighted by atomic mass is 9.75. The lowest BCUT2D eigenvalue weighted by Gasteiger charge is -2.38. The summed E-state index contributed by atoms with van der Waals surface area (Å²) in [5, 5.41) is 0. The lowest BCUT2D eigenvalue weighted by Crippen LogP contribution is -2.39. The molecule has 0 aromatic heterocycles. The maximum atomic E-state index is 12.3. The molecule has 0 saturated heterocycles. The normalized spacial score (nSPS) is 24.8. The van der Waals surface area contributed by atoms with E-state index in [1.165, 1.54) is 18.2 Å². The number of carbonyl (C=O) groups is 1. The highest BCUT2D eigenvalue weighted by molar-refractivity contribution is 5.78. The van der Waals surface area contributed by atoms with Crippen molar-refractivity contribution < 1.29 is 14.3 Å². The average Bonchev–Trinajstić information content (AvgIpc) is 2.96. The maximum absolute atomic E-state index is 12.3. The molecule has 0 radical (unpaired) electrons. The number of rotatable bonds is 2. The van der Waals surface area contributed by atoms with Gasteiger partial charge < -0.3 is 9.47 Å². The summed E-state index contributed by atoms with van der Waals surface area (Å²) in [4.78, 5) is 12.3. The molecule has 0 N–H and O–H groups in total. The van der Waals surface area contributed by atoms with E-state index in [-0.39, 0.29) is 12.1 Å². The van der Waals surface area contributed by atoms with Gasteiger partial charge in [-0.15, -0.1) is 0 Å². The summed E-state index contributed by atoms with van der Waals surface area (Å²) in [5.74, 6) is -0.105. The van der Waals surface area contributed by atoms with Gasteiger partial charge in [0.15, 0.2) is 0 Å². The SMILES string of the molecule is COC(=O)C1([C@@H]2OCCc3ccccc32)CCCC1. The fourth-order valence-electron chi connectivity index (χ4n) is 3.63. The van der Waals surface area contributed by atoms with Crippen molar-refractivity contribution in [2.24, 2.45) is 5.41 Å². The third kappa shape index (κ3) is 1.96. The van der Waals surface area contributed by atoms with E-state index in [4.69, 9.17) is 9.47 Å². The van der Waals surface area contributed by atoms with Gasteiger partial charge in [-0.05, 0) is 30.4 Å². The first-order valence-corrected chi connectivity index (χ1v) is 7.06. The van der Waals surface area contributed by atoms with Crippen LogP contribution in [-0.2, 0) is 20.7 Å². The largest absolute Gasteiger partial charge is 0.469 e. The number of methoxy groups -OCH3 is 1. The molecule has 3 rings (SSSR count). The second-order valence-electron chi connectivity index (χ2n) is 5.55. The Labute approximate surface area is 113 Å². The third-order valence-electron chi connectivity index (χ3n) is 4.58. The van der Waals surface area contributed by atoms with Gasteiger partial charge in [0, 0.05) is 0 Å². The Morgan fingerprint density at radius 1 is 1.32 bits per heavy atom. The predicted molar refractivity (Wildman–Crippen MR) is 71.8 cm³/mol. The van der Waals surface area contributed by atoms with Gasteiger partial charge in [-0.2, -0.15) is 0 Å². The van der Waals surface area contributed by atoms with E-state index in [0.717, 1.165) is 32.1 Å². The number of hydrogen-bond donors (Lipinski definition) is 0. The number of carbonyl (C=O) groups excluding carboxylic acids is 1. The highest BCUT2D eigenvalue weighted by Crippen LogP contribution is 2.52. The highest BCUT2D eigenvalue weighted by Gasteiger charge is 2.51. The third-order valence-corrected chi connectivity index (χ3v) is 4.58. The summed E-state index contributed by atoms with van der Waals surface area (Å²) >= 11 is 0. The minimum atomic E-state index is -0.467. The summed E-state index contributed by atoms with van der Waals surface area (Å²) in [5.41, 5.74) is 2.03. The van der Waals surface area contributed by atoms with Crippen LogP contribution < -0.4 is 0 Å². The van der Waals surface area contributed by atoms with Crippen molar-refractivity contribution in [3.63, 3.8) is 0 Å². The van der Waals surface area contributed by atoms with Crippen LogP contribution >= 0.6 is 0 Å². The van der Waals surface area contributed by atoms with Crippen molar-refractivity contribution in [3.05, 3.63) is 35.4 Å². The van der Waals surface area contributed by atoms with Gasteiger partial charge in [0.05, 0.1) is 25.2 Å². The Morgan fingerprint density at radius 3 is 2.79 bits per heavy atom. The molecule has 1 heterocycles. The second-order valence-corrected chi connectivity index (χ2v) is 5.55. The Morgan fingerprint density at radius 2 is 2.05 bits per heavy atom. The van der Waals surface area contributed by atoms with E-state index in [2.05, 4.69) is 18.2 Å². The topological polar surface area (TPSA) is 35.5 Å². The molecule has 1 fully saturated rings. The van der Waals surface area contributed by atoms with E-state index < -0.39 is 5.41 Å². The van der Waals surface area contributed by atoms with Crippen LogP contribution in [0.25, 0.3) is 0 Å². The van der Waals surface area contributed by atoms with Crippen LogP contribution in [-0.4, -0.2) is 19.7 Å². The summed E-state index contributed by atoms with van der Waals surface area (Å²) in [6.07, 6.45) is 4.71. The van der Waals surface area contributed by atoms with Crippen LogP contribution in [0.1, 0.15) is 42.9 Å². The van der Waals surface area contributed by atoms with Gasteiger partial charge in [0.25, 0.3) is 0 Å². The predicted octanol–water partition coefficient (Wildman–Crippen LogP) is 3.03. The summed E-state index contributed by atoms with van der Waals surface area (Å²) < 4.78 is 11.1. The van der Waals surface area contributed by atoms with Gasteiger partial charge in [0.1, 0.15) is 0 Å². The van der Waals surface area contributed by atoms with Crippen LogP contribution in [0.4, 0.5) is 0 Å². The Balaban J connectivity index is 2.03. The summed E-state index contributed by atoms with van der Waals surface area (Å²) in [6, 6.07) is 8.33. The molecule has 1 aliphatic carbocycles. The minimum Gasteiger partial charge on any atom is -0.469 e. The molecule has 1 aromatic carbocycles. The molecule has 1 saturated carbocycles. The van der Waals surface area contributed by atoms with Crippen molar-refractivity contribution in [1.29, 1.82) is 0 Å². The zero-order chi connectivity index (χ0) is 13.3. The Bertz CT molecular complexity index is 475. The molecule has 19 heavy (non-hydrogen) atoms. The standard InChI is InChI=1S/C16H20O3/c1-18-15(17)16(9-4-5-10-16)14-13-7-3-2-6-12(13)8-11-19-14/h2-3,6-7,14H,4-5,8-11H2,1H3/t14-/m1/s1. The number of ether oxygens (including phenoxy) is 2. The fourth-order valence-corrected chi connectivity index (χ4v) is 3.63. The fraction of sp³-hybridized carbons (Fsp3) is 0.562. The van der Waals surface area contributed by atoms with Crippen molar-refractivity contribution in [2.45, 2.75) is 38.2 Å². The van der Waals surface area contributed by atoms with E-state index in [9.17, 15) is 4.79 Å². The molecule has 1 aliphatic heterocycles. The van der Waals surface area contributed by atoms with Gasteiger partial charge in [-0.1, -0.05) is 37.1 Å². The maximum Gasteiger partial charge on any atom is 0.314 e. The molecule has 1 aromatic rings. The van der Waals surface area contributed by atoms with Crippen LogP contribution in [0.5, 0.6) is 0 Å². The number of benzene rings is 1. The molecule has 2 aliphatic rings. The molecule has 3 heteroatoms. The lowest BCUT2D eigenvalue weighted by molar-refractivity contribution is -0.165. The Hall–Kier alpha value is -1.35. The molecule has 0 spiro atoms. The molecular formula is C16H20O3. The molecule has 102 valence electrons. The van der Waals surface area contributed by atoms with Gasteiger partial charge >= 0.3 is 5.97 Å². The molecule has 0 amide bonds. The molecule has 3 nitrogen and oxygen atoms in total. The zero-order valence-corrected chi connectivity index (χ0v) is 11.4. The summed E-state index contributed by atoms with van der Waals surface area (Å²) in [6.45, 7) is 0.695. The second kappa shape index (κ2) is 4.97. The molecule has 0 unspecified atom stereocenters. The smallest absolute Gasteiger partial charge is 0.314 e. The first-order valence-electron chi connectivity index (χ1n) is 7.06. The van der Waals surface area contributed by atoms with Crippen LogP contribution in [0.3, 0.4) is 0 Å². The Kier molecular flexibility index (Phi) is 3.31. The van der Waals surface area contributed by atoms with Crippen LogP contribution in [0.15, 0.2) is 24.3 Å². The van der Waals surface area contributed by atoms with Gasteiger partial charge in [-0.25, -0.2) is 0 Å². The first kappa shape index (κ1) is 12.7. The minimum absolute atomic E-state index is 0.105. The van der Waals surface area contributed by atoms with Crippen LogP contribution in [0, 0.1) is 5.41 Å². The highest BCUT2D eigenvalue weighted by atomic mass is 16.5. The number of fused-ring (bicyclic) bond motifs is 1.